The summed E-state index contributed by atoms with van der Waals surface area (Å²) in [5.41, 5.74) is 1.79. The minimum atomic E-state index is -0.585. The zero-order chi connectivity index (χ0) is 93.7. The number of allylic oxidation sites excluding steroid dienone is 12. The maximum absolute atomic E-state index is 12.8. The van der Waals surface area contributed by atoms with Crippen molar-refractivity contribution in [3.8, 4) is 0 Å². The predicted octanol–water partition coefficient (Wildman–Crippen LogP) is 19.8. The van der Waals surface area contributed by atoms with Crippen LogP contribution in [0.4, 0.5) is 0 Å². The lowest BCUT2D eigenvalue weighted by atomic mass is 10.2. The molecule has 7 rings (SSSR count). The second kappa shape index (κ2) is 67.2. The molecule has 0 spiro atoms. The summed E-state index contributed by atoms with van der Waals surface area (Å²) >= 11 is 0. The van der Waals surface area contributed by atoms with Gasteiger partial charge in [-0.1, -0.05) is 72.9 Å². The minimum absolute atomic E-state index is 0.149. The maximum Gasteiger partial charge on any atom is 0.339 e. The molecule has 1 aliphatic rings. The topological polar surface area (TPSA) is 393 Å². The van der Waals surface area contributed by atoms with Gasteiger partial charge in [0, 0.05) is 74.4 Å². The van der Waals surface area contributed by atoms with E-state index in [2.05, 4.69) is 103 Å². The molecule has 0 unspecified atom stereocenters. The number of carbonyl (C=O) groups is 12. The highest BCUT2D eigenvalue weighted by Crippen LogP contribution is 2.19. The van der Waals surface area contributed by atoms with Crippen LogP contribution in [-0.4, -0.2) is 181 Å². The molecule has 0 N–H and O–H groups in total. The van der Waals surface area contributed by atoms with Crippen molar-refractivity contribution in [2.75, 3.05) is 79.3 Å². The molecule has 132 heavy (non-hydrogen) atoms. The van der Waals surface area contributed by atoms with Gasteiger partial charge >= 0.3 is 71.6 Å². The summed E-state index contributed by atoms with van der Waals surface area (Å²) in [6.45, 7) is 2.38. The summed E-state index contributed by atoms with van der Waals surface area (Å²) in [5, 5.41) is 0. The van der Waals surface area contributed by atoms with E-state index in [1.165, 1.54) is 111 Å². The van der Waals surface area contributed by atoms with Gasteiger partial charge in [-0.15, -0.1) is 0 Å². The van der Waals surface area contributed by atoms with Gasteiger partial charge in [0.15, 0.2) is 0 Å². The van der Waals surface area contributed by atoms with Gasteiger partial charge in [0.2, 0.25) is 0 Å². The molecule has 708 valence electrons. The average Bonchev–Trinajstić information content (AvgIpc) is 0.892. The number of fused-ring (bicyclic) bond motifs is 12. The van der Waals surface area contributed by atoms with Crippen molar-refractivity contribution in [2.24, 2.45) is 0 Å². The van der Waals surface area contributed by atoms with E-state index in [1.54, 1.807) is 0 Å². The molecule has 0 aliphatic carbocycles. The number of hydrogen-bond acceptors (Lipinski definition) is 30. The van der Waals surface area contributed by atoms with Crippen molar-refractivity contribution in [1.82, 2.24) is 29.9 Å². The standard InChI is InChI=1S/C102H126N6O24/c109-91-79-61-81(69-103-67-79)93(111)123-51-39-27-15-3-4-17-29-41-53-125-95(113)83-63-85(73-105-71-83)97(115)127-55-43-31-19-7-8-21-33-45-57-129-99(117)87-65-89(77-107-75-87)101(119)131-59-47-35-23-11-12-24-36-48-60-132-102(120)90-66-88(76-108-78-90)100(118)130-58-46-34-22-10-9-20-32-44-56-128-98(116)86-64-84(72-106-74-86)96(114)126-54-42-30-18-6-5-16-28-40-52-124-94(112)82-62-80(68-104-70-82)92(110)122-50-38-26-14-2-1-13-25-37-49-121-91/h1-12,61-78H,13-60H2. The highest BCUT2D eigenvalue weighted by molar-refractivity contribution is 5.99. The Morgan fingerprint density at radius 2 is 0.212 bits per heavy atom. The quantitative estimate of drug-likeness (QED) is 0.0774. The summed E-state index contributed by atoms with van der Waals surface area (Å²) in [4.78, 5) is 178. The first kappa shape index (κ1) is 106. The van der Waals surface area contributed by atoms with Crippen LogP contribution in [0.2, 0.25) is 0 Å². The molecule has 0 atom stereocenters. The van der Waals surface area contributed by atoms with Gasteiger partial charge in [0.1, 0.15) is 0 Å². The Labute approximate surface area is 772 Å². The number of aromatic nitrogens is 6. The largest absolute Gasteiger partial charge is 0.462 e. The van der Waals surface area contributed by atoms with Crippen molar-refractivity contribution in [3.63, 3.8) is 0 Å². The first-order chi connectivity index (χ1) is 64.6. The van der Waals surface area contributed by atoms with Crippen LogP contribution in [0.15, 0.2) is 184 Å². The third-order valence-electron chi connectivity index (χ3n) is 20.2. The van der Waals surface area contributed by atoms with Gasteiger partial charge in [0.05, 0.1) is 146 Å². The third-order valence-corrected chi connectivity index (χ3v) is 20.2. The molecular weight excluding hydrogens is 1690 g/mol. The van der Waals surface area contributed by atoms with E-state index in [0.717, 1.165) is 154 Å². The van der Waals surface area contributed by atoms with Crippen LogP contribution in [-0.2, 0) is 56.8 Å². The van der Waals surface area contributed by atoms with Crippen LogP contribution in [0.5, 0.6) is 0 Å². The number of pyridine rings is 6. The molecule has 0 fully saturated rings. The number of hydrogen-bond donors (Lipinski definition) is 0. The zero-order valence-corrected chi connectivity index (χ0v) is 75.7. The van der Waals surface area contributed by atoms with Crippen molar-refractivity contribution in [2.45, 2.75) is 231 Å². The molecule has 12 bridgehead atoms. The van der Waals surface area contributed by atoms with E-state index in [-0.39, 0.29) is 146 Å². The number of ether oxygens (including phenoxy) is 12. The first-order valence-electron chi connectivity index (χ1n) is 46.3. The van der Waals surface area contributed by atoms with Crippen molar-refractivity contribution in [3.05, 3.63) is 250 Å². The Morgan fingerprint density at radius 1 is 0.129 bits per heavy atom. The molecule has 0 saturated heterocycles. The highest BCUT2D eigenvalue weighted by atomic mass is 16.6. The monoisotopic (exact) mass is 1820 g/mol. The van der Waals surface area contributed by atoms with Crippen LogP contribution in [0, 0.1) is 0 Å². The van der Waals surface area contributed by atoms with Gasteiger partial charge in [-0.05, 0) is 268 Å². The fourth-order valence-electron chi connectivity index (χ4n) is 12.7. The molecule has 30 heteroatoms. The Morgan fingerprint density at radius 3 is 0.295 bits per heavy atom. The van der Waals surface area contributed by atoms with E-state index < -0.39 is 71.6 Å². The summed E-state index contributed by atoms with van der Waals surface area (Å²) in [7, 11) is 0. The van der Waals surface area contributed by atoms with Crippen molar-refractivity contribution < 1.29 is 114 Å². The summed E-state index contributed by atoms with van der Waals surface area (Å²) in [6.07, 6.45) is 67.3. The Bertz CT molecular complexity index is 3730. The second-order valence-electron chi connectivity index (χ2n) is 31.2. The first-order valence-corrected chi connectivity index (χ1v) is 46.3. The second-order valence-corrected chi connectivity index (χ2v) is 31.2. The van der Waals surface area contributed by atoms with Crippen LogP contribution in [0.1, 0.15) is 355 Å². The highest BCUT2D eigenvalue weighted by Gasteiger charge is 2.21. The Balaban J connectivity index is 0.752. The fraction of sp³-hybridized carbons (Fsp3) is 0.471. The van der Waals surface area contributed by atoms with Crippen LogP contribution < -0.4 is 0 Å². The van der Waals surface area contributed by atoms with Crippen molar-refractivity contribution in [1.29, 1.82) is 0 Å². The predicted molar refractivity (Wildman–Crippen MR) is 490 cm³/mol. The van der Waals surface area contributed by atoms with Gasteiger partial charge < -0.3 is 56.8 Å². The molecule has 0 radical (unpaired) electrons. The van der Waals surface area contributed by atoms with Crippen LogP contribution in [0.3, 0.4) is 0 Å². The summed E-state index contributed by atoms with van der Waals surface area (Å²) in [5.74, 6) is -7.03. The van der Waals surface area contributed by atoms with Crippen LogP contribution >= 0.6 is 0 Å². The van der Waals surface area contributed by atoms with E-state index >= 15 is 0 Å². The third kappa shape index (κ3) is 46.0. The molecule has 7 heterocycles. The molecule has 0 amide bonds. The summed E-state index contributed by atoms with van der Waals surface area (Å²) < 4.78 is 65.3. The average molecular weight is 1820 g/mol. The summed E-state index contributed by atoms with van der Waals surface area (Å²) in [6, 6.07) is 8.48. The van der Waals surface area contributed by atoms with E-state index in [0.29, 0.717) is 77.0 Å². The van der Waals surface area contributed by atoms with Crippen LogP contribution in [0.25, 0.3) is 0 Å². The molecule has 0 aromatic carbocycles. The molecular formula is C102H126N6O24. The Kier molecular flexibility index (Phi) is 54.0. The van der Waals surface area contributed by atoms with Gasteiger partial charge in [0.25, 0.3) is 0 Å². The molecule has 1 aliphatic heterocycles. The van der Waals surface area contributed by atoms with Gasteiger partial charge in [-0.2, -0.15) is 0 Å². The van der Waals surface area contributed by atoms with Gasteiger partial charge in [-0.3, -0.25) is 29.9 Å². The number of carbonyl (C=O) groups excluding carboxylic acids is 12. The molecule has 6 aromatic rings. The number of rotatable bonds is 0. The van der Waals surface area contributed by atoms with E-state index in [1.807, 2.05) is 0 Å². The number of esters is 12. The maximum atomic E-state index is 12.8. The molecule has 30 nitrogen and oxygen atoms in total. The SMILES string of the molecule is O=C1OCCCCC=CCCCCOC(=O)c2cncc(c2)C(=O)OCCCCC=CCCCCOC(=O)c2cncc(c2)C(=O)OCCCCC=CCCCCOC(=O)c2cncc(c2)C(=O)OCCCCC=CCCCCOC(=O)c2cncc(c2)C(=O)OCCCCC=CCCCCOC(=O)c2cncc(c2)C(=O)OCCCCC=CCCCCOC(=O)c2cncc1c2. The van der Waals surface area contributed by atoms with E-state index in [9.17, 15) is 57.5 Å². The lowest BCUT2D eigenvalue weighted by Crippen LogP contribution is -2.11. The van der Waals surface area contributed by atoms with E-state index in [4.69, 9.17) is 56.8 Å². The smallest absolute Gasteiger partial charge is 0.339 e. The molecule has 0 saturated carbocycles. The minimum Gasteiger partial charge on any atom is -0.462 e. The number of cyclic esters (lactones) is 12. The number of nitrogens with zero attached hydrogens (tertiary/aromatic N) is 6. The zero-order valence-electron chi connectivity index (χ0n) is 75.7. The van der Waals surface area contributed by atoms with Gasteiger partial charge in [-0.25, -0.2) is 57.5 Å². The lowest BCUT2D eigenvalue weighted by Gasteiger charge is -2.07. The Hall–Kier alpha value is -13.0. The normalized spacial score (nSPS) is 18.2. The molecule has 6 aromatic heterocycles. The lowest BCUT2D eigenvalue weighted by molar-refractivity contribution is 0.0477. The fourth-order valence-corrected chi connectivity index (χ4v) is 12.7. The van der Waals surface area contributed by atoms with Crippen molar-refractivity contribution >= 4 is 71.6 Å².